The van der Waals surface area contributed by atoms with Gasteiger partial charge in [-0.3, -0.25) is 9.59 Å². The molecule has 0 bridgehead atoms. The number of rotatable bonds is 3. The van der Waals surface area contributed by atoms with E-state index in [4.69, 9.17) is 5.73 Å². The van der Waals surface area contributed by atoms with Crippen LogP contribution in [0.2, 0.25) is 0 Å². The average Bonchev–Trinajstić information content (AvgIpc) is 2.27. The molecule has 1 atom stereocenters. The second-order valence-electron chi connectivity index (χ2n) is 3.93. The van der Waals surface area contributed by atoms with Gasteiger partial charge in [0, 0.05) is 25.2 Å². The molecule has 1 aromatic carbocycles. The molecule has 1 aromatic rings. The molecule has 0 radical (unpaired) electrons. The van der Waals surface area contributed by atoms with Crippen LogP contribution in [0, 0.1) is 0 Å². The third-order valence-electron chi connectivity index (χ3n) is 2.24. The molecule has 86 valence electrons. The summed E-state index contributed by atoms with van der Waals surface area (Å²) in [6, 6.07) is 6.01. The number of hydrogen-bond donors (Lipinski definition) is 1. The number of Topliss-reactive ketones (excluding diaryl/α,β-unsaturated/α-hetero) is 1. The van der Waals surface area contributed by atoms with Crippen molar-refractivity contribution in [3.8, 4) is 0 Å². The molecule has 0 spiro atoms. The van der Waals surface area contributed by atoms with Crippen LogP contribution in [0.1, 0.15) is 27.6 Å². The van der Waals surface area contributed by atoms with Crippen LogP contribution in [0.3, 0.4) is 0 Å². The van der Waals surface area contributed by atoms with Gasteiger partial charge in [0.05, 0.1) is 6.04 Å². The first-order chi connectivity index (χ1) is 7.43. The monoisotopic (exact) mass is 220 g/mol. The van der Waals surface area contributed by atoms with Crippen molar-refractivity contribution in [1.29, 1.82) is 0 Å². The Morgan fingerprint density at radius 3 is 1.94 bits per heavy atom. The third kappa shape index (κ3) is 2.67. The lowest BCUT2D eigenvalue weighted by Crippen LogP contribution is -2.26. The summed E-state index contributed by atoms with van der Waals surface area (Å²) in [6.45, 7) is 1.64. The molecule has 16 heavy (non-hydrogen) atoms. The van der Waals surface area contributed by atoms with Gasteiger partial charge in [-0.15, -0.1) is 0 Å². The zero-order valence-corrected chi connectivity index (χ0v) is 9.73. The van der Waals surface area contributed by atoms with Gasteiger partial charge in [0.2, 0.25) is 0 Å². The van der Waals surface area contributed by atoms with E-state index >= 15 is 0 Å². The minimum atomic E-state index is -0.518. The van der Waals surface area contributed by atoms with E-state index in [0.29, 0.717) is 11.1 Å². The molecular weight excluding hydrogens is 204 g/mol. The van der Waals surface area contributed by atoms with E-state index in [9.17, 15) is 9.59 Å². The molecule has 0 aliphatic rings. The minimum Gasteiger partial charge on any atom is -0.345 e. The number of nitrogens with two attached hydrogens (primary N) is 1. The zero-order valence-electron chi connectivity index (χ0n) is 9.73. The Labute approximate surface area is 95.0 Å². The second kappa shape index (κ2) is 4.90. The van der Waals surface area contributed by atoms with Gasteiger partial charge in [-0.1, -0.05) is 12.1 Å². The topological polar surface area (TPSA) is 63.4 Å². The highest BCUT2D eigenvalue weighted by Gasteiger charge is 2.12. The van der Waals surface area contributed by atoms with Crippen molar-refractivity contribution in [3.05, 3.63) is 35.4 Å². The molecule has 0 aliphatic heterocycles. The van der Waals surface area contributed by atoms with Crippen molar-refractivity contribution >= 4 is 11.7 Å². The fourth-order valence-electron chi connectivity index (χ4n) is 1.30. The summed E-state index contributed by atoms with van der Waals surface area (Å²) >= 11 is 0. The summed E-state index contributed by atoms with van der Waals surface area (Å²) in [4.78, 5) is 24.6. The number of amides is 1. The number of hydrogen-bond acceptors (Lipinski definition) is 3. The quantitative estimate of drug-likeness (QED) is 0.770. The molecular formula is C12H16N2O2. The first-order valence-electron chi connectivity index (χ1n) is 5.05. The third-order valence-corrected chi connectivity index (χ3v) is 2.24. The summed E-state index contributed by atoms with van der Waals surface area (Å²) < 4.78 is 0. The lowest BCUT2D eigenvalue weighted by Gasteiger charge is -2.10. The SMILES string of the molecule is CC(N)C(=O)c1ccc(C(=O)N(C)C)cc1. The highest BCUT2D eigenvalue weighted by Crippen LogP contribution is 2.08. The number of ketones is 1. The predicted octanol–water partition coefficient (Wildman–Crippen LogP) is 0.918. The van der Waals surface area contributed by atoms with Crippen molar-refractivity contribution in [2.24, 2.45) is 5.73 Å². The van der Waals surface area contributed by atoms with E-state index in [1.165, 1.54) is 4.90 Å². The normalized spacial score (nSPS) is 12.0. The van der Waals surface area contributed by atoms with Gasteiger partial charge < -0.3 is 10.6 Å². The maximum atomic E-state index is 11.6. The summed E-state index contributed by atoms with van der Waals surface area (Å²) in [5.41, 5.74) is 6.58. The van der Waals surface area contributed by atoms with E-state index in [2.05, 4.69) is 0 Å². The number of carbonyl (C=O) groups excluding carboxylic acids is 2. The second-order valence-corrected chi connectivity index (χ2v) is 3.93. The van der Waals surface area contributed by atoms with Crippen LogP contribution in [0.25, 0.3) is 0 Å². The van der Waals surface area contributed by atoms with Gasteiger partial charge in [-0.25, -0.2) is 0 Å². The summed E-state index contributed by atoms with van der Waals surface area (Å²) in [5, 5.41) is 0. The van der Waals surface area contributed by atoms with Crippen LogP contribution in [-0.2, 0) is 0 Å². The Morgan fingerprint density at radius 2 is 1.56 bits per heavy atom. The number of nitrogens with zero attached hydrogens (tertiary/aromatic N) is 1. The Kier molecular flexibility index (Phi) is 3.79. The minimum absolute atomic E-state index is 0.0835. The van der Waals surface area contributed by atoms with E-state index in [0.717, 1.165) is 0 Å². The summed E-state index contributed by atoms with van der Waals surface area (Å²) in [7, 11) is 3.37. The van der Waals surface area contributed by atoms with Gasteiger partial charge in [-0.05, 0) is 19.1 Å². The Balaban J connectivity index is 2.92. The molecule has 1 unspecified atom stereocenters. The molecule has 1 amide bonds. The van der Waals surface area contributed by atoms with Gasteiger partial charge >= 0.3 is 0 Å². The zero-order chi connectivity index (χ0) is 12.3. The molecule has 0 saturated carbocycles. The Morgan fingerprint density at radius 1 is 1.12 bits per heavy atom. The van der Waals surface area contributed by atoms with Gasteiger partial charge in [-0.2, -0.15) is 0 Å². The highest BCUT2D eigenvalue weighted by atomic mass is 16.2. The van der Waals surface area contributed by atoms with Crippen LogP contribution in [0.15, 0.2) is 24.3 Å². The molecule has 0 saturated heterocycles. The van der Waals surface area contributed by atoms with Crippen molar-refractivity contribution in [3.63, 3.8) is 0 Å². The fourth-order valence-corrected chi connectivity index (χ4v) is 1.30. The lowest BCUT2D eigenvalue weighted by molar-refractivity contribution is 0.0827. The average molecular weight is 220 g/mol. The van der Waals surface area contributed by atoms with E-state index in [1.54, 1.807) is 45.3 Å². The number of carbonyl (C=O) groups is 2. The van der Waals surface area contributed by atoms with Crippen LogP contribution < -0.4 is 5.73 Å². The predicted molar refractivity (Wildman–Crippen MR) is 62.4 cm³/mol. The molecule has 0 fully saturated rings. The maximum Gasteiger partial charge on any atom is 0.253 e. The van der Waals surface area contributed by atoms with Crippen molar-refractivity contribution < 1.29 is 9.59 Å². The van der Waals surface area contributed by atoms with Crippen LogP contribution >= 0.6 is 0 Å². The van der Waals surface area contributed by atoms with Gasteiger partial charge in [0.25, 0.3) is 5.91 Å². The molecule has 1 rings (SSSR count). The lowest BCUT2D eigenvalue weighted by atomic mass is 10.0. The standard InChI is InChI=1S/C12H16N2O2/c1-8(13)11(15)9-4-6-10(7-5-9)12(16)14(2)3/h4-8H,13H2,1-3H3. The first kappa shape index (κ1) is 12.4. The van der Waals surface area contributed by atoms with Crippen LogP contribution in [-0.4, -0.2) is 36.7 Å². The largest absolute Gasteiger partial charge is 0.345 e. The smallest absolute Gasteiger partial charge is 0.253 e. The van der Waals surface area contributed by atoms with Crippen LogP contribution in [0.4, 0.5) is 0 Å². The van der Waals surface area contributed by atoms with Crippen molar-refractivity contribution in [2.45, 2.75) is 13.0 Å². The van der Waals surface area contributed by atoms with Gasteiger partial charge in [0.15, 0.2) is 5.78 Å². The molecule has 0 aromatic heterocycles. The molecule has 0 heterocycles. The van der Waals surface area contributed by atoms with Crippen molar-refractivity contribution in [1.82, 2.24) is 4.90 Å². The summed E-state index contributed by atoms with van der Waals surface area (Å²) in [6.07, 6.45) is 0. The Hall–Kier alpha value is -1.68. The molecule has 4 nitrogen and oxygen atoms in total. The molecule has 2 N–H and O–H groups in total. The van der Waals surface area contributed by atoms with E-state index < -0.39 is 6.04 Å². The Bertz CT molecular complexity index is 355. The van der Waals surface area contributed by atoms with Gasteiger partial charge in [0.1, 0.15) is 0 Å². The number of benzene rings is 1. The fraction of sp³-hybridized carbons (Fsp3) is 0.333. The maximum absolute atomic E-state index is 11.6. The molecule has 0 aliphatic carbocycles. The highest BCUT2D eigenvalue weighted by molar-refractivity contribution is 6.01. The van der Waals surface area contributed by atoms with Crippen LogP contribution in [0.5, 0.6) is 0 Å². The summed E-state index contributed by atoms with van der Waals surface area (Å²) in [5.74, 6) is -0.205. The van der Waals surface area contributed by atoms with Crippen molar-refractivity contribution in [2.75, 3.05) is 14.1 Å². The van der Waals surface area contributed by atoms with E-state index in [1.807, 2.05) is 0 Å². The first-order valence-corrected chi connectivity index (χ1v) is 5.05. The van der Waals surface area contributed by atoms with E-state index in [-0.39, 0.29) is 11.7 Å². The molecule has 4 heteroatoms.